The topological polar surface area (TPSA) is 70.2 Å². The second-order valence-electron chi connectivity index (χ2n) is 6.27. The first-order valence-electron chi connectivity index (χ1n) is 8.60. The molecule has 5 nitrogen and oxygen atoms in total. The third-order valence-corrected chi connectivity index (χ3v) is 4.42. The van der Waals surface area contributed by atoms with Crippen LogP contribution in [0.2, 0.25) is 0 Å². The predicted octanol–water partition coefficient (Wildman–Crippen LogP) is 2.73. The van der Waals surface area contributed by atoms with Crippen LogP contribution in [0.25, 0.3) is 0 Å². The summed E-state index contributed by atoms with van der Waals surface area (Å²) in [6.45, 7) is 0. The van der Waals surface area contributed by atoms with Crippen molar-refractivity contribution in [3.05, 3.63) is 59.7 Å². The summed E-state index contributed by atoms with van der Waals surface area (Å²) in [6, 6.07) is 15.4. The maximum atomic E-state index is 12.3. The molecule has 2 amide bonds. The second-order valence-corrected chi connectivity index (χ2v) is 6.27. The summed E-state index contributed by atoms with van der Waals surface area (Å²) in [5, 5.41) is 8.99. The summed E-state index contributed by atoms with van der Waals surface area (Å²) < 4.78 is 0. The van der Waals surface area contributed by atoms with E-state index in [1.54, 1.807) is 7.05 Å². The van der Waals surface area contributed by atoms with E-state index >= 15 is 0 Å². The first kappa shape index (κ1) is 17.0. The largest absolute Gasteiger partial charge is 0.373 e. The molecule has 5 heteroatoms. The molecular weight excluding hydrogens is 314 g/mol. The lowest BCUT2D eigenvalue weighted by Crippen LogP contribution is -2.39. The van der Waals surface area contributed by atoms with Crippen LogP contribution in [0.3, 0.4) is 0 Å². The number of hydrogen-bond acceptors (Lipinski definition) is 3. The zero-order valence-corrected chi connectivity index (χ0v) is 14.3. The Labute approximate surface area is 147 Å². The molecule has 1 heterocycles. The van der Waals surface area contributed by atoms with Crippen LogP contribution < -0.4 is 16.0 Å². The molecule has 0 saturated heterocycles. The standard InChI is InChI=1S/C20H23N3O2/c1-21-20(25)18(12-14-6-3-2-4-7-14)22-16-10-11-17-15(13-16)8-5-9-19(24)23-17/h2-4,6-7,10-11,13,18,22H,5,8-9,12H2,1H3,(H,21,25)(H,23,24)/t18-/m0/s1. The van der Waals surface area contributed by atoms with Crippen molar-refractivity contribution in [1.29, 1.82) is 0 Å². The maximum Gasteiger partial charge on any atom is 0.242 e. The van der Waals surface area contributed by atoms with Crippen molar-refractivity contribution in [2.75, 3.05) is 17.7 Å². The molecule has 0 bridgehead atoms. The minimum Gasteiger partial charge on any atom is -0.373 e. The summed E-state index contributed by atoms with van der Waals surface area (Å²) in [7, 11) is 1.65. The van der Waals surface area contributed by atoms with Crippen LogP contribution in [-0.2, 0) is 22.4 Å². The van der Waals surface area contributed by atoms with E-state index in [1.165, 1.54) is 0 Å². The van der Waals surface area contributed by atoms with Gasteiger partial charge in [-0.2, -0.15) is 0 Å². The fourth-order valence-electron chi connectivity index (χ4n) is 3.10. The Morgan fingerprint density at radius 3 is 2.72 bits per heavy atom. The molecule has 0 saturated carbocycles. The lowest BCUT2D eigenvalue weighted by Gasteiger charge is -2.20. The van der Waals surface area contributed by atoms with Gasteiger partial charge >= 0.3 is 0 Å². The fourth-order valence-corrected chi connectivity index (χ4v) is 3.10. The monoisotopic (exact) mass is 337 g/mol. The molecule has 0 radical (unpaired) electrons. The number of aryl methyl sites for hydroxylation is 1. The molecule has 2 aromatic rings. The van der Waals surface area contributed by atoms with Gasteiger partial charge in [-0.25, -0.2) is 0 Å². The Morgan fingerprint density at radius 2 is 1.96 bits per heavy atom. The number of anilines is 2. The number of likely N-dealkylation sites (N-methyl/N-ethyl adjacent to an activating group) is 1. The number of benzene rings is 2. The molecular formula is C20H23N3O2. The molecule has 0 spiro atoms. The summed E-state index contributed by atoms with van der Waals surface area (Å²) in [4.78, 5) is 23.9. The number of hydrogen-bond donors (Lipinski definition) is 3. The SMILES string of the molecule is CNC(=O)[C@H](Cc1ccccc1)Nc1ccc2c(c1)CCCC(=O)N2. The molecule has 0 aliphatic carbocycles. The van der Waals surface area contributed by atoms with Crippen molar-refractivity contribution in [2.24, 2.45) is 0 Å². The van der Waals surface area contributed by atoms with E-state index in [4.69, 9.17) is 0 Å². The molecule has 0 fully saturated rings. The normalized spacial score (nSPS) is 14.7. The van der Waals surface area contributed by atoms with Gasteiger partial charge in [0.15, 0.2) is 0 Å². The van der Waals surface area contributed by atoms with E-state index in [9.17, 15) is 9.59 Å². The molecule has 25 heavy (non-hydrogen) atoms. The molecule has 0 aromatic heterocycles. The number of carbonyl (C=O) groups is 2. The van der Waals surface area contributed by atoms with Gasteiger partial charge in [-0.3, -0.25) is 9.59 Å². The van der Waals surface area contributed by atoms with Crippen molar-refractivity contribution < 1.29 is 9.59 Å². The van der Waals surface area contributed by atoms with Crippen LogP contribution in [0.15, 0.2) is 48.5 Å². The Hall–Kier alpha value is -2.82. The molecule has 2 aromatic carbocycles. The van der Waals surface area contributed by atoms with Gasteiger partial charge < -0.3 is 16.0 Å². The third kappa shape index (κ3) is 4.38. The summed E-state index contributed by atoms with van der Waals surface area (Å²) in [5.41, 5.74) is 3.96. The van der Waals surface area contributed by atoms with Crippen molar-refractivity contribution in [3.8, 4) is 0 Å². The van der Waals surface area contributed by atoms with Gasteiger partial charge in [0, 0.05) is 31.3 Å². The van der Waals surface area contributed by atoms with Crippen LogP contribution in [0.5, 0.6) is 0 Å². The predicted molar refractivity (Wildman–Crippen MR) is 99.6 cm³/mol. The van der Waals surface area contributed by atoms with E-state index in [-0.39, 0.29) is 17.9 Å². The zero-order valence-electron chi connectivity index (χ0n) is 14.3. The highest BCUT2D eigenvalue weighted by Gasteiger charge is 2.19. The number of nitrogens with one attached hydrogen (secondary N) is 3. The van der Waals surface area contributed by atoms with Crippen LogP contribution in [-0.4, -0.2) is 24.9 Å². The summed E-state index contributed by atoms with van der Waals surface area (Å²) in [6.07, 6.45) is 2.85. The van der Waals surface area contributed by atoms with Crippen LogP contribution in [0.4, 0.5) is 11.4 Å². The van der Waals surface area contributed by atoms with Gasteiger partial charge in [0.25, 0.3) is 0 Å². The summed E-state index contributed by atoms with van der Waals surface area (Å²) >= 11 is 0. The first-order chi connectivity index (χ1) is 12.2. The highest BCUT2D eigenvalue weighted by atomic mass is 16.2. The molecule has 1 aliphatic rings. The Kier molecular flexibility index (Phi) is 5.33. The molecule has 3 N–H and O–H groups in total. The molecule has 1 aliphatic heterocycles. The van der Waals surface area contributed by atoms with E-state index in [0.717, 1.165) is 35.3 Å². The average molecular weight is 337 g/mol. The van der Waals surface area contributed by atoms with Crippen molar-refractivity contribution in [3.63, 3.8) is 0 Å². The minimum atomic E-state index is -0.356. The lowest BCUT2D eigenvalue weighted by atomic mass is 10.0. The van der Waals surface area contributed by atoms with Gasteiger partial charge in [0.2, 0.25) is 11.8 Å². The Balaban J connectivity index is 1.78. The van der Waals surface area contributed by atoms with Crippen LogP contribution in [0, 0.1) is 0 Å². The molecule has 3 rings (SSSR count). The molecule has 0 unspecified atom stereocenters. The van der Waals surface area contributed by atoms with Gasteiger partial charge in [0.1, 0.15) is 6.04 Å². The van der Waals surface area contributed by atoms with Gasteiger partial charge in [-0.15, -0.1) is 0 Å². The van der Waals surface area contributed by atoms with Gasteiger partial charge in [0.05, 0.1) is 0 Å². The lowest BCUT2D eigenvalue weighted by molar-refractivity contribution is -0.121. The maximum absolute atomic E-state index is 12.3. The van der Waals surface area contributed by atoms with Gasteiger partial charge in [-0.1, -0.05) is 30.3 Å². The van der Waals surface area contributed by atoms with E-state index in [0.29, 0.717) is 12.8 Å². The number of carbonyl (C=O) groups excluding carboxylic acids is 2. The van der Waals surface area contributed by atoms with E-state index < -0.39 is 0 Å². The fraction of sp³-hybridized carbons (Fsp3) is 0.300. The first-order valence-corrected chi connectivity index (χ1v) is 8.60. The second kappa shape index (κ2) is 7.83. The molecule has 130 valence electrons. The third-order valence-electron chi connectivity index (χ3n) is 4.42. The van der Waals surface area contributed by atoms with Crippen molar-refractivity contribution in [1.82, 2.24) is 5.32 Å². The van der Waals surface area contributed by atoms with Crippen LogP contribution >= 0.6 is 0 Å². The van der Waals surface area contributed by atoms with E-state index in [2.05, 4.69) is 16.0 Å². The Morgan fingerprint density at radius 1 is 1.16 bits per heavy atom. The summed E-state index contributed by atoms with van der Waals surface area (Å²) in [5.74, 6) is 0.0128. The van der Waals surface area contributed by atoms with Crippen LogP contribution in [0.1, 0.15) is 24.0 Å². The smallest absolute Gasteiger partial charge is 0.242 e. The van der Waals surface area contributed by atoms with Crippen molar-refractivity contribution >= 4 is 23.2 Å². The highest BCUT2D eigenvalue weighted by molar-refractivity contribution is 5.92. The minimum absolute atomic E-state index is 0.0490. The Bertz CT molecular complexity index is 759. The molecule has 1 atom stereocenters. The average Bonchev–Trinajstić information content (AvgIpc) is 2.81. The van der Waals surface area contributed by atoms with Crippen molar-refractivity contribution in [2.45, 2.75) is 31.7 Å². The zero-order chi connectivity index (χ0) is 17.6. The number of fused-ring (bicyclic) bond motifs is 1. The van der Waals surface area contributed by atoms with Gasteiger partial charge in [-0.05, 0) is 42.2 Å². The number of amides is 2. The highest BCUT2D eigenvalue weighted by Crippen LogP contribution is 2.26. The quantitative estimate of drug-likeness (QED) is 0.786. The number of rotatable bonds is 5. The van der Waals surface area contributed by atoms with E-state index in [1.807, 2.05) is 48.5 Å².